The number of carbonyl (C=O) groups is 1. The Bertz CT molecular complexity index is 1080. The molecule has 0 saturated carbocycles. The molecule has 0 bridgehead atoms. The van der Waals surface area contributed by atoms with Crippen molar-refractivity contribution in [2.75, 3.05) is 19.7 Å². The lowest BCUT2D eigenvalue weighted by molar-refractivity contribution is -0.190. The van der Waals surface area contributed by atoms with E-state index < -0.39 is 15.3 Å². The Hall–Kier alpha value is -2.29. The highest BCUT2D eigenvalue weighted by atomic mass is 32.2. The third-order valence-corrected chi connectivity index (χ3v) is 8.65. The average molecular weight is 490 g/mol. The lowest BCUT2D eigenvalue weighted by Gasteiger charge is -2.48. The molecule has 2 heterocycles. The largest absolute Gasteiger partial charge is 0.378 e. The van der Waals surface area contributed by atoms with Gasteiger partial charge in [0.2, 0.25) is 15.3 Å². The van der Waals surface area contributed by atoms with Gasteiger partial charge >= 0.3 is 0 Å². The maximum absolute atomic E-state index is 13.4. The van der Waals surface area contributed by atoms with E-state index in [0.29, 0.717) is 38.1 Å². The molecule has 6 nitrogen and oxygen atoms in total. The van der Waals surface area contributed by atoms with Crippen molar-refractivity contribution in [2.24, 2.45) is 0 Å². The Morgan fingerprint density at radius 1 is 1.15 bits per heavy atom. The molecule has 2 aromatic rings. The van der Waals surface area contributed by atoms with Crippen LogP contribution in [0.2, 0.25) is 0 Å². The topological polar surface area (TPSA) is 72.9 Å². The summed E-state index contributed by atoms with van der Waals surface area (Å²) in [7, 11) is -4.02. The van der Waals surface area contributed by atoms with Crippen molar-refractivity contribution in [3.8, 4) is 0 Å². The van der Waals surface area contributed by atoms with E-state index in [4.69, 9.17) is 9.47 Å². The van der Waals surface area contributed by atoms with E-state index in [1.54, 1.807) is 4.90 Å². The number of likely N-dealkylation sites (tertiary alicyclic amines) is 1. The van der Waals surface area contributed by atoms with Gasteiger partial charge in [-0.3, -0.25) is 4.79 Å². The van der Waals surface area contributed by atoms with Crippen LogP contribution in [0.25, 0.3) is 0 Å². The summed E-state index contributed by atoms with van der Waals surface area (Å²) in [6, 6.07) is 15.7. The maximum Gasteiger partial charge on any atom is 0.253 e. The summed E-state index contributed by atoms with van der Waals surface area (Å²) in [6.07, 6.45) is 3.10. The molecule has 4 rings (SSSR count). The fourth-order valence-electron chi connectivity index (χ4n) is 4.97. The highest BCUT2D eigenvalue weighted by molar-refractivity contribution is 7.91. The van der Waals surface area contributed by atoms with Gasteiger partial charge < -0.3 is 14.4 Å². The summed E-state index contributed by atoms with van der Waals surface area (Å²) in [6.45, 7) is 4.73. The summed E-state index contributed by atoms with van der Waals surface area (Å²) in [5.74, 6) is -0.163. The van der Waals surface area contributed by atoms with Crippen molar-refractivity contribution >= 4 is 15.7 Å². The summed E-state index contributed by atoms with van der Waals surface area (Å²) in [5.41, 5.74) is -0.810. The number of halogens is 1. The van der Waals surface area contributed by atoms with Crippen LogP contribution >= 0.6 is 0 Å². The number of nitrogens with zero attached hydrogens (tertiary/aromatic N) is 1. The number of amides is 1. The number of carbonyl (C=O) groups excluding carboxylic acids is 1. The summed E-state index contributed by atoms with van der Waals surface area (Å²) in [4.78, 5) is 14.7. The van der Waals surface area contributed by atoms with Gasteiger partial charge in [0.1, 0.15) is 0 Å². The predicted molar refractivity (Wildman–Crippen MR) is 127 cm³/mol. The Morgan fingerprint density at radius 2 is 1.79 bits per heavy atom. The van der Waals surface area contributed by atoms with Gasteiger partial charge in [0.25, 0.3) is 5.91 Å². The Labute approximate surface area is 201 Å². The van der Waals surface area contributed by atoms with Gasteiger partial charge in [-0.2, -0.15) is 0 Å². The molecule has 2 fully saturated rings. The quantitative estimate of drug-likeness (QED) is 0.588. The molecule has 1 amide bonds. The van der Waals surface area contributed by atoms with Crippen LogP contribution in [-0.2, 0) is 19.3 Å². The van der Waals surface area contributed by atoms with E-state index in [1.807, 2.05) is 25.1 Å². The zero-order valence-electron chi connectivity index (χ0n) is 19.7. The lowest BCUT2D eigenvalue weighted by atomic mass is 9.80. The second kappa shape index (κ2) is 10.1. The van der Waals surface area contributed by atoms with Crippen LogP contribution in [0, 0.1) is 0 Å². The van der Waals surface area contributed by atoms with Crippen molar-refractivity contribution < 1.29 is 27.1 Å². The van der Waals surface area contributed by atoms with E-state index in [2.05, 4.69) is 12.1 Å². The van der Waals surface area contributed by atoms with Crippen molar-refractivity contribution in [3.05, 3.63) is 65.7 Å². The van der Waals surface area contributed by atoms with E-state index in [-0.39, 0.29) is 28.6 Å². The molecule has 0 radical (unpaired) electrons. The number of ether oxygens (including phenoxy) is 2. The molecule has 0 aliphatic carbocycles. The molecule has 2 saturated heterocycles. The van der Waals surface area contributed by atoms with Gasteiger partial charge in [-0.15, -0.1) is 0 Å². The van der Waals surface area contributed by atoms with Crippen molar-refractivity contribution in [2.45, 2.75) is 67.7 Å². The van der Waals surface area contributed by atoms with Gasteiger partial charge in [-0.05, 0) is 56.5 Å². The van der Waals surface area contributed by atoms with Crippen LogP contribution in [0.5, 0.6) is 0 Å². The predicted octanol–water partition coefficient (Wildman–Crippen LogP) is 4.71. The standard InChI is InChI=1S/C26H32FNO5S/c1-3-32-22-17-24(20-7-5-4-6-8-20)33-26(18-22)13-15-28(16-14-26)25(29)21-9-11-23(12-10-21)34(30,31)19(2)27/h4-12,19,22,24H,3,13-18H2,1-2H3. The number of piperidine rings is 1. The van der Waals surface area contributed by atoms with Gasteiger partial charge in [0.15, 0.2) is 0 Å². The lowest BCUT2D eigenvalue weighted by Crippen LogP contribution is -2.52. The third-order valence-electron chi connectivity index (χ3n) is 6.86. The molecule has 2 aliphatic heterocycles. The molecule has 8 heteroatoms. The Morgan fingerprint density at radius 3 is 2.38 bits per heavy atom. The first-order valence-electron chi connectivity index (χ1n) is 11.9. The monoisotopic (exact) mass is 489 g/mol. The smallest absolute Gasteiger partial charge is 0.253 e. The first-order chi connectivity index (χ1) is 16.2. The highest BCUT2D eigenvalue weighted by Crippen LogP contribution is 2.44. The van der Waals surface area contributed by atoms with Crippen LogP contribution in [0.1, 0.15) is 61.6 Å². The zero-order chi connectivity index (χ0) is 24.3. The van der Waals surface area contributed by atoms with Crippen molar-refractivity contribution in [1.82, 2.24) is 4.90 Å². The maximum atomic E-state index is 13.4. The molecule has 34 heavy (non-hydrogen) atoms. The highest BCUT2D eigenvalue weighted by Gasteiger charge is 2.45. The number of rotatable bonds is 6. The van der Waals surface area contributed by atoms with Crippen LogP contribution in [0.15, 0.2) is 59.5 Å². The normalized spacial score (nSPS) is 23.6. The first-order valence-corrected chi connectivity index (χ1v) is 13.4. The molecule has 0 N–H and O–H groups in total. The fourth-order valence-corrected chi connectivity index (χ4v) is 5.86. The first kappa shape index (κ1) is 24.8. The van der Waals surface area contributed by atoms with Gasteiger partial charge in [0, 0.05) is 38.1 Å². The molecular formula is C26H32FNO5S. The second-order valence-electron chi connectivity index (χ2n) is 9.12. The molecule has 1 spiro atoms. The number of hydrogen-bond donors (Lipinski definition) is 0. The van der Waals surface area contributed by atoms with Gasteiger partial charge in [-0.1, -0.05) is 30.3 Å². The van der Waals surface area contributed by atoms with Crippen LogP contribution in [-0.4, -0.2) is 56.1 Å². The third kappa shape index (κ3) is 5.19. The summed E-state index contributed by atoms with van der Waals surface area (Å²) in [5, 5.41) is 0. The van der Waals surface area contributed by atoms with Crippen LogP contribution < -0.4 is 0 Å². The molecule has 2 aliphatic rings. The van der Waals surface area contributed by atoms with Gasteiger partial charge in [0.05, 0.1) is 22.7 Å². The zero-order valence-corrected chi connectivity index (χ0v) is 20.5. The molecule has 0 aromatic heterocycles. The minimum absolute atomic E-state index is 0.0406. The summed E-state index contributed by atoms with van der Waals surface area (Å²) < 4.78 is 50.1. The Balaban J connectivity index is 1.44. The molecule has 2 aromatic carbocycles. The van der Waals surface area contributed by atoms with Crippen molar-refractivity contribution in [3.63, 3.8) is 0 Å². The van der Waals surface area contributed by atoms with Gasteiger partial charge in [-0.25, -0.2) is 12.8 Å². The van der Waals surface area contributed by atoms with E-state index in [0.717, 1.165) is 25.3 Å². The van der Waals surface area contributed by atoms with Crippen molar-refractivity contribution in [1.29, 1.82) is 0 Å². The average Bonchev–Trinajstić information content (AvgIpc) is 2.84. The molecule has 3 atom stereocenters. The molecule has 3 unspecified atom stereocenters. The Kier molecular flexibility index (Phi) is 7.40. The number of sulfone groups is 1. The second-order valence-corrected chi connectivity index (χ2v) is 11.3. The van der Waals surface area contributed by atoms with E-state index in [1.165, 1.54) is 24.3 Å². The summed E-state index contributed by atoms with van der Waals surface area (Å²) >= 11 is 0. The van der Waals surface area contributed by atoms with Crippen LogP contribution in [0.4, 0.5) is 4.39 Å². The number of alkyl halides is 1. The SMILES string of the molecule is CCOC1CC(c2ccccc2)OC2(CCN(C(=O)c3ccc(S(=O)(=O)C(C)F)cc3)CC2)C1. The van der Waals surface area contributed by atoms with E-state index >= 15 is 0 Å². The molecular weight excluding hydrogens is 457 g/mol. The van der Waals surface area contributed by atoms with Crippen LogP contribution in [0.3, 0.4) is 0 Å². The fraction of sp³-hybridized carbons (Fsp3) is 0.500. The number of benzene rings is 2. The minimum Gasteiger partial charge on any atom is -0.378 e. The minimum atomic E-state index is -4.02. The van der Waals surface area contributed by atoms with E-state index in [9.17, 15) is 17.6 Å². The molecule has 184 valence electrons. The number of hydrogen-bond acceptors (Lipinski definition) is 5.